The van der Waals surface area contributed by atoms with Crippen LogP contribution in [0.15, 0.2) is 63.8 Å². The van der Waals surface area contributed by atoms with Crippen molar-refractivity contribution in [2.24, 2.45) is 0 Å². The van der Waals surface area contributed by atoms with Crippen LogP contribution in [0.1, 0.15) is 54.2 Å². The van der Waals surface area contributed by atoms with Gasteiger partial charge in [0.25, 0.3) is 5.91 Å². The van der Waals surface area contributed by atoms with Gasteiger partial charge in [-0.1, -0.05) is 56.3 Å². The molecule has 1 amide bonds. The fourth-order valence-electron chi connectivity index (χ4n) is 2.75. The number of nitrogens with one attached hydrogen (secondary N) is 1. The van der Waals surface area contributed by atoms with Gasteiger partial charge in [0.15, 0.2) is 0 Å². The van der Waals surface area contributed by atoms with Crippen molar-refractivity contribution < 1.29 is 9.21 Å². The van der Waals surface area contributed by atoms with E-state index in [0.29, 0.717) is 11.5 Å². The molecule has 128 valence electrons. The number of rotatable bonds is 4. The summed E-state index contributed by atoms with van der Waals surface area (Å²) in [6.07, 6.45) is 0. The molecule has 2 aromatic carbocycles. The Morgan fingerprint density at radius 1 is 0.960 bits per heavy atom. The molecule has 0 saturated heterocycles. The maximum Gasteiger partial charge on any atom is 0.349 e. The average Bonchev–Trinajstić information content (AvgIpc) is 2.61. The normalized spacial score (nSPS) is 12.3. The van der Waals surface area contributed by atoms with Crippen LogP contribution in [-0.4, -0.2) is 5.91 Å². The Kier molecular flexibility index (Phi) is 4.70. The Morgan fingerprint density at radius 2 is 1.60 bits per heavy atom. The van der Waals surface area contributed by atoms with E-state index in [4.69, 9.17) is 4.42 Å². The molecular weight excluding hydrogens is 314 g/mol. The van der Waals surface area contributed by atoms with Crippen molar-refractivity contribution >= 4 is 16.9 Å². The Morgan fingerprint density at radius 3 is 2.28 bits per heavy atom. The van der Waals surface area contributed by atoms with Crippen LogP contribution in [0.25, 0.3) is 11.0 Å². The fraction of sp³-hybridized carbons (Fsp3) is 0.238. The summed E-state index contributed by atoms with van der Waals surface area (Å²) >= 11 is 0. The zero-order valence-electron chi connectivity index (χ0n) is 14.6. The second-order valence-electron chi connectivity index (χ2n) is 6.50. The molecule has 0 bridgehead atoms. The summed E-state index contributed by atoms with van der Waals surface area (Å²) in [5, 5.41) is 3.59. The van der Waals surface area contributed by atoms with E-state index in [1.807, 2.05) is 31.2 Å². The first-order valence-electron chi connectivity index (χ1n) is 8.39. The molecule has 4 heteroatoms. The number of benzene rings is 2. The van der Waals surface area contributed by atoms with Crippen molar-refractivity contribution in [2.75, 3.05) is 0 Å². The van der Waals surface area contributed by atoms with Crippen LogP contribution in [0.4, 0.5) is 0 Å². The van der Waals surface area contributed by atoms with Crippen molar-refractivity contribution in [3.8, 4) is 0 Å². The molecular formula is C21H21NO3. The van der Waals surface area contributed by atoms with E-state index in [2.05, 4.69) is 31.3 Å². The highest BCUT2D eigenvalue weighted by atomic mass is 16.4. The SMILES string of the molecule is CC(C)c1ccc(C(C)NC(=O)c2cc3ccccc3oc2=O)cc1. The summed E-state index contributed by atoms with van der Waals surface area (Å²) in [5.41, 5.74) is 2.10. The minimum Gasteiger partial charge on any atom is -0.422 e. The maximum absolute atomic E-state index is 12.5. The van der Waals surface area contributed by atoms with Gasteiger partial charge in [-0.15, -0.1) is 0 Å². The third-order valence-corrected chi connectivity index (χ3v) is 4.34. The monoisotopic (exact) mass is 335 g/mol. The number of fused-ring (bicyclic) bond motifs is 1. The van der Waals surface area contributed by atoms with E-state index in [9.17, 15) is 9.59 Å². The van der Waals surface area contributed by atoms with E-state index in [1.165, 1.54) is 5.56 Å². The predicted octanol–water partition coefficient (Wildman–Crippen LogP) is 4.41. The molecule has 3 aromatic rings. The first-order valence-corrected chi connectivity index (χ1v) is 8.39. The van der Waals surface area contributed by atoms with E-state index < -0.39 is 11.5 Å². The number of carbonyl (C=O) groups is 1. The summed E-state index contributed by atoms with van der Waals surface area (Å²) in [6.45, 7) is 6.17. The van der Waals surface area contributed by atoms with Crippen LogP contribution in [0.5, 0.6) is 0 Å². The Bertz CT molecular complexity index is 955. The van der Waals surface area contributed by atoms with Crippen molar-refractivity contribution in [3.63, 3.8) is 0 Å². The topological polar surface area (TPSA) is 59.3 Å². The van der Waals surface area contributed by atoms with Gasteiger partial charge in [-0.2, -0.15) is 0 Å². The molecule has 0 saturated carbocycles. The second-order valence-corrected chi connectivity index (χ2v) is 6.50. The standard InChI is InChI=1S/C21H21NO3/c1-13(2)15-8-10-16(11-9-15)14(3)22-20(23)18-12-17-6-4-5-7-19(17)25-21(18)24/h4-14H,1-3H3,(H,22,23). The summed E-state index contributed by atoms with van der Waals surface area (Å²) < 4.78 is 5.23. The van der Waals surface area contributed by atoms with Crippen molar-refractivity contribution in [1.82, 2.24) is 5.32 Å². The van der Waals surface area contributed by atoms with Crippen LogP contribution in [0.2, 0.25) is 0 Å². The Labute approximate surface area is 146 Å². The quantitative estimate of drug-likeness (QED) is 0.719. The van der Waals surface area contributed by atoms with Crippen LogP contribution in [0, 0.1) is 0 Å². The van der Waals surface area contributed by atoms with Gasteiger partial charge in [0.1, 0.15) is 11.1 Å². The Balaban J connectivity index is 1.81. The third kappa shape index (κ3) is 3.63. The summed E-state index contributed by atoms with van der Waals surface area (Å²) in [4.78, 5) is 24.6. The number of hydrogen-bond donors (Lipinski definition) is 1. The van der Waals surface area contributed by atoms with Crippen LogP contribution in [0.3, 0.4) is 0 Å². The molecule has 1 heterocycles. The molecule has 0 aliphatic heterocycles. The largest absolute Gasteiger partial charge is 0.422 e. The lowest BCUT2D eigenvalue weighted by Crippen LogP contribution is -2.30. The maximum atomic E-state index is 12.5. The summed E-state index contributed by atoms with van der Waals surface area (Å²) in [7, 11) is 0. The van der Waals surface area contributed by atoms with E-state index in [1.54, 1.807) is 18.2 Å². The van der Waals surface area contributed by atoms with Crippen molar-refractivity contribution in [1.29, 1.82) is 0 Å². The molecule has 1 atom stereocenters. The number of hydrogen-bond acceptors (Lipinski definition) is 3. The smallest absolute Gasteiger partial charge is 0.349 e. The fourth-order valence-corrected chi connectivity index (χ4v) is 2.75. The highest BCUT2D eigenvalue weighted by Crippen LogP contribution is 2.19. The first kappa shape index (κ1) is 17.0. The van der Waals surface area contributed by atoms with Crippen LogP contribution < -0.4 is 10.9 Å². The number of amides is 1. The first-order chi connectivity index (χ1) is 12.0. The van der Waals surface area contributed by atoms with Gasteiger partial charge in [-0.05, 0) is 36.1 Å². The zero-order valence-corrected chi connectivity index (χ0v) is 14.6. The summed E-state index contributed by atoms with van der Waals surface area (Å²) in [5.74, 6) is 0.0288. The van der Waals surface area contributed by atoms with Gasteiger partial charge in [-0.25, -0.2) is 4.79 Å². The molecule has 0 aliphatic rings. The number of carbonyl (C=O) groups excluding carboxylic acids is 1. The summed E-state index contributed by atoms with van der Waals surface area (Å²) in [6, 6.07) is 16.6. The Hall–Kier alpha value is -2.88. The number of para-hydroxylation sites is 1. The zero-order chi connectivity index (χ0) is 18.0. The van der Waals surface area contributed by atoms with Gasteiger partial charge >= 0.3 is 5.63 Å². The molecule has 3 rings (SSSR count). The van der Waals surface area contributed by atoms with Gasteiger partial charge < -0.3 is 9.73 Å². The van der Waals surface area contributed by atoms with Gasteiger partial charge in [0.2, 0.25) is 0 Å². The highest BCUT2D eigenvalue weighted by Gasteiger charge is 2.16. The van der Waals surface area contributed by atoms with Gasteiger partial charge in [0, 0.05) is 5.39 Å². The average molecular weight is 335 g/mol. The lowest BCUT2D eigenvalue weighted by atomic mass is 9.99. The molecule has 1 unspecified atom stereocenters. The molecule has 0 radical (unpaired) electrons. The highest BCUT2D eigenvalue weighted by molar-refractivity contribution is 5.96. The van der Waals surface area contributed by atoms with E-state index in [0.717, 1.165) is 10.9 Å². The molecule has 25 heavy (non-hydrogen) atoms. The van der Waals surface area contributed by atoms with Gasteiger partial charge in [0.05, 0.1) is 6.04 Å². The predicted molar refractivity (Wildman–Crippen MR) is 98.9 cm³/mol. The van der Waals surface area contributed by atoms with E-state index in [-0.39, 0.29) is 11.6 Å². The van der Waals surface area contributed by atoms with Crippen LogP contribution in [-0.2, 0) is 0 Å². The molecule has 1 aromatic heterocycles. The lowest BCUT2D eigenvalue weighted by Gasteiger charge is -2.15. The van der Waals surface area contributed by atoms with Crippen LogP contribution >= 0.6 is 0 Å². The minimum absolute atomic E-state index is 0.0179. The molecule has 4 nitrogen and oxygen atoms in total. The molecule has 0 fully saturated rings. The molecule has 1 N–H and O–H groups in total. The molecule has 0 spiro atoms. The second kappa shape index (κ2) is 6.93. The van der Waals surface area contributed by atoms with Crippen molar-refractivity contribution in [3.05, 3.63) is 81.7 Å². The third-order valence-electron chi connectivity index (χ3n) is 4.34. The van der Waals surface area contributed by atoms with Gasteiger partial charge in [-0.3, -0.25) is 4.79 Å². The lowest BCUT2D eigenvalue weighted by molar-refractivity contribution is 0.0936. The van der Waals surface area contributed by atoms with Crippen molar-refractivity contribution in [2.45, 2.75) is 32.7 Å². The van der Waals surface area contributed by atoms with E-state index >= 15 is 0 Å². The minimum atomic E-state index is -0.626. The molecule has 0 aliphatic carbocycles.